The summed E-state index contributed by atoms with van der Waals surface area (Å²) < 4.78 is 5.27. The number of nitro benzene ring substituents is 1. The second kappa shape index (κ2) is 6.62. The van der Waals surface area contributed by atoms with Crippen LogP contribution in [0.15, 0.2) is 60.7 Å². The van der Waals surface area contributed by atoms with Crippen LogP contribution in [0.25, 0.3) is 0 Å². The van der Waals surface area contributed by atoms with Gasteiger partial charge in [-0.1, -0.05) is 18.2 Å². The van der Waals surface area contributed by atoms with Crippen LogP contribution in [-0.4, -0.2) is 22.7 Å². The number of esters is 1. The van der Waals surface area contributed by atoms with E-state index in [1.807, 2.05) is 12.2 Å². The van der Waals surface area contributed by atoms with Crippen LogP contribution in [0.1, 0.15) is 16.8 Å². The zero-order chi connectivity index (χ0) is 21.0. The highest BCUT2D eigenvalue weighted by Crippen LogP contribution is 2.53. The van der Waals surface area contributed by atoms with Gasteiger partial charge in [0.1, 0.15) is 5.75 Å². The predicted octanol–water partition coefficient (Wildman–Crippen LogP) is 3.13. The van der Waals surface area contributed by atoms with Crippen LogP contribution in [0, 0.1) is 33.8 Å². The Balaban J connectivity index is 1.37. The van der Waals surface area contributed by atoms with Gasteiger partial charge in [0.05, 0.1) is 28.0 Å². The number of carbonyl (C=O) groups is 3. The van der Waals surface area contributed by atoms with Gasteiger partial charge >= 0.3 is 5.97 Å². The van der Waals surface area contributed by atoms with Gasteiger partial charge in [0.25, 0.3) is 5.69 Å². The summed E-state index contributed by atoms with van der Waals surface area (Å²) in [6.07, 6.45) is 4.90. The van der Waals surface area contributed by atoms with E-state index in [1.165, 1.54) is 41.3 Å². The van der Waals surface area contributed by atoms with Gasteiger partial charge in [0.15, 0.2) is 0 Å². The molecule has 150 valence electrons. The molecule has 2 aromatic carbocycles. The standard InChI is InChI=1S/C22H16N2O6/c25-20-18-12-4-5-13(10-12)19(18)21(26)23(20)16-3-1-2-14(11-16)22(27)30-17-8-6-15(7-9-17)24(28)29/h1-9,11-13,18-19H,10H2/t12-,13-,18+,19+/m1/s1. The highest BCUT2D eigenvalue weighted by Gasteiger charge is 2.59. The van der Waals surface area contributed by atoms with E-state index >= 15 is 0 Å². The molecule has 4 atom stereocenters. The summed E-state index contributed by atoms with van der Waals surface area (Å²) in [6, 6.07) is 11.3. The molecule has 0 radical (unpaired) electrons. The van der Waals surface area contributed by atoms with Gasteiger partial charge in [-0.05, 0) is 48.6 Å². The Bertz CT molecular complexity index is 1090. The lowest BCUT2D eigenvalue weighted by atomic mass is 9.85. The van der Waals surface area contributed by atoms with Crippen molar-refractivity contribution in [3.05, 3.63) is 76.4 Å². The number of hydrogen-bond donors (Lipinski definition) is 0. The van der Waals surface area contributed by atoms with Crippen LogP contribution in [0.2, 0.25) is 0 Å². The van der Waals surface area contributed by atoms with Gasteiger partial charge < -0.3 is 4.74 Å². The van der Waals surface area contributed by atoms with Gasteiger partial charge in [-0.2, -0.15) is 0 Å². The number of amides is 2. The first kappa shape index (κ1) is 18.2. The minimum atomic E-state index is -0.688. The molecule has 8 nitrogen and oxygen atoms in total. The summed E-state index contributed by atoms with van der Waals surface area (Å²) in [4.78, 5) is 49.8. The smallest absolute Gasteiger partial charge is 0.343 e. The molecule has 2 aromatic rings. The third-order valence-electron chi connectivity index (χ3n) is 6.07. The van der Waals surface area contributed by atoms with Crippen LogP contribution in [0.5, 0.6) is 5.75 Å². The number of fused-ring (bicyclic) bond motifs is 5. The van der Waals surface area contributed by atoms with E-state index in [9.17, 15) is 24.5 Å². The summed E-state index contributed by atoms with van der Waals surface area (Å²) in [6.45, 7) is 0. The lowest BCUT2D eigenvalue weighted by Crippen LogP contribution is -2.33. The van der Waals surface area contributed by atoms with Gasteiger partial charge in [0, 0.05) is 12.1 Å². The number of anilines is 1. The van der Waals surface area contributed by atoms with Crippen molar-refractivity contribution in [2.75, 3.05) is 4.90 Å². The Morgan fingerprint density at radius 3 is 2.23 bits per heavy atom. The normalized spacial score (nSPS) is 26.2. The maximum absolute atomic E-state index is 12.9. The van der Waals surface area contributed by atoms with Crippen molar-refractivity contribution in [1.29, 1.82) is 0 Å². The monoisotopic (exact) mass is 404 g/mol. The average Bonchev–Trinajstić information content (AvgIpc) is 3.42. The van der Waals surface area contributed by atoms with E-state index < -0.39 is 10.9 Å². The zero-order valence-corrected chi connectivity index (χ0v) is 15.6. The minimum absolute atomic E-state index is 0.108. The molecular weight excluding hydrogens is 388 g/mol. The number of benzene rings is 2. The van der Waals surface area contributed by atoms with Crippen molar-refractivity contribution < 1.29 is 24.0 Å². The number of carbonyl (C=O) groups excluding carboxylic acids is 3. The fraction of sp³-hybridized carbons (Fsp3) is 0.227. The Hall–Kier alpha value is -3.81. The Morgan fingerprint density at radius 1 is 1.00 bits per heavy atom. The quantitative estimate of drug-likeness (QED) is 0.194. The Morgan fingerprint density at radius 2 is 1.63 bits per heavy atom. The molecule has 0 unspecified atom stereocenters. The molecule has 0 spiro atoms. The topological polar surface area (TPSA) is 107 Å². The molecule has 1 saturated carbocycles. The van der Waals surface area contributed by atoms with Gasteiger partial charge in [0.2, 0.25) is 11.8 Å². The fourth-order valence-corrected chi connectivity index (χ4v) is 4.73. The molecule has 2 bridgehead atoms. The molecule has 2 fully saturated rings. The maximum Gasteiger partial charge on any atom is 0.343 e. The first-order chi connectivity index (χ1) is 14.4. The van der Waals surface area contributed by atoms with Crippen LogP contribution < -0.4 is 9.64 Å². The zero-order valence-electron chi connectivity index (χ0n) is 15.6. The number of allylic oxidation sites excluding steroid dienone is 2. The molecule has 2 amide bonds. The van der Waals surface area contributed by atoms with Crippen LogP contribution in [0.3, 0.4) is 0 Å². The lowest BCUT2D eigenvalue weighted by Gasteiger charge is -2.18. The molecule has 0 N–H and O–H groups in total. The SMILES string of the molecule is O=C(Oc1ccc([N+](=O)[O-])cc1)c1cccc(N2C(=O)[C@@H]3[C@@H](C2=O)[C@@H]2C=C[C@@H]3C2)c1. The van der Waals surface area contributed by atoms with E-state index in [4.69, 9.17) is 4.74 Å². The van der Waals surface area contributed by atoms with E-state index in [1.54, 1.807) is 12.1 Å². The number of imide groups is 1. The van der Waals surface area contributed by atoms with E-state index in [2.05, 4.69) is 0 Å². The molecule has 5 rings (SSSR count). The first-order valence-electron chi connectivity index (χ1n) is 9.57. The van der Waals surface area contributed by atoms with Crippen molar-refractivity contribution in [2.45, 2.75) is 6.42 Å². The van der Waals surface area contributed by atoms with Crippen molar-refractivity contribution in [3.8, 4) is 5.75 Å². The summed E-state index contributed by atoms with van der Waals surface area (Å²) in [5.74, 6) is -1.39. The largest absolute Gasteiger partial charge is 0.423 e. The molecule has 1 saturated heterocycles. The van der Waals surface area contributed by atoms with Gasteiger partial charge in [-0.25, -0.2) is 9.69 Å². The van der Waals surface area contributed by atoms with E-state index in [0.717, 1.165) is 6.42 Å². The van der Waals surface area contributed by atoms with Gasteiger partial charge in [-0.15, -0.1) is 0 Å². The predicted molar refractivity (Wildman–Crippen MR) is 105 cm³/mol. The van der Waals surface area contributed by atoms with Crippen molar-refractivity contribution in [3.63, 3.8) is 0 Å². The van der Waals surface area contributed by atoms with Crippen molar-refractivity contribution >= 4 is 29.2 Å². The molecule has 3 aliphatic rings. The van der Waals surface area contributed by atoms with Gasteiger partial charge in [-0.3, -0.25) is 19.7 Å². The van der Waals surface area contributed by atoms with Crippen LogP contribution in [-0.2, 0) is 9.59 Å². The molecule has 1 heterocycles. The number of nitrogens with zero attached hydrogens (tertiary/aromatic N) is 2. The van der Waals surface area contributed by atoms with Crippen LogP contribution >= 0.6 is 0 Å². The third kappa shape index (κ3) is 2.72. The number of rotatable bonds is 4. The highest BCUT2D eigenvalue weighted by atomic mass is 16.6. The fourth-order valence-electron chi connectivity index (χ4n) is 4.73. The lowest BCUT2D eigenvalue weighted by molar-refractivity contribution is -0.384. The van der Waals surface area contributed by atoms with Crippen LogP contribution in [0.4, 0.5) is 11.4 Å². The number of hydrogen-bond acceptors (Lipinski definition) is 6. The summed E-state index contributed by atoms with van der Waals surface area (Å²) in [5.41, 5.74) is 0.401. The number of ether oxygens (including phenoxy) is 1. The highest BCUT2D eigenvalue weighted by molar-refractivity contribution is 6.23. The summed E-state index contributed by atoms with van der Waals surface area (Å²) >= 11 is 0. The second-order valence-electron chi connectivity index (χ2n) is 7.70. The van der Waals surface area contributed by atoms with Crippen molar-refractivity contribution in [1.82, 2.24) is 0 Å². The average molecular weight is 404 g/mol. The number of non-ortho nitro benzene ring substituents is 1. The Labute approximate surface area is 170 Å². The molecule has 0 aromatic heterocycles. The summed E-state index contributed by atoms with van der Waals surface area (Å²) in [7, 11) is 0. The van der Waals surface area contributed by atoms with Crippen molar-refractivity contribution in [2.24, 2.45) is 23.7 Å². The maximum atomic E-state index is 12.9. The molecule has 8 heteroatoms. The molecule has 1 aliphatic heterocycles. The second-order valence-corrected chi connectivity index (χ2v) is 7.70. The summed E-state index contributed by atoms with van der Waals surface area (Å²) in [5, 5.41) is 10.7. The van der Waals surface area contributed by atoms with E-state index in [-0.39, 0.29) is 52.5 Å². The Kier molecular flexibility index (Phi) is 4.02. The molecule has 2 aliphatic carbocycles. The molecule has 30 heavy (non-hydrogen) atoms. The third-order valence-corrected chi connectivity index (χ3v) is 6.07. The van der Waals surface area contributed by atoms with E-state index in [0.29, 0.717) is 5.69 Å². The first-order valence-corrected chi connectivity index (χ1v) is 9.57. The number of nitro groups is 1. The molecular formula is C22H16N2O6. The minimum Gasteiger partial charge on any atom is -0.423 e.